The molecule has 5 heteroatoms. The summed E-state index contributed by atoms with van der Waals surface area (Å²) >= 11 is 0. The summed E-state index contributed by atoms with van der Waals surface area (Å²) in [6.07, 6.45) is 4.78. The van der Waals surface area contributed by atoms with Crippen molar-refractivity contribution in [3.8, 4) is 5.75 Å². The molecule has 0 amide bonds. The van der Waals surface area contributed by atoms with Crippen LogP contribution in [0.3, 0.4) is 0 Å². The lowest BCUT2D eigenvalue weighted by atomic mass is 10.0. The van der Waals surface area contributed by atoms with Crippen molar-refractivity contribution in [3.63, 3.8) is 0 Å². The zero-order valence-electron chi connectivity index (χ0n) is 14.2. The van der Waals surface area contributed by atoms with Crippen molar-refractivity contribution in [1.29, 1.82) is 0 Å². The third-order valence-electron chi connectivity index (χ3n) is 3.90. The Hall–Kier alpha value is -2.95. The van der Waals surface area contributed by atoms with Crippen LogP contribution < -0.4 is 9.30 Å². The van der Waals surface area contributed by atoms with Gasteiger partial charge in [0.1, 0.15) is 11.4 Å². The summed E-state index contributed by atoms with van der Waals surface area (Å²) in [5.41, 5.74) is 3.33. The van der Waals surface area contributed by atoms with Gasteiger partial charge in [0.15, 0.2) is 0 Å². The fraction of sp³-hybridized carbons (Fsp3) is 0.211. The van der Waals surface area contributed by atoms with Crippen LogP contribution in [-0.4, -0.2) is 11.7 Å². The Labute approximate surface area is 141 Å². The topological polar surface area (TPSA) is 42.8 Å². The number of rotatable bonds is 5. The predicted molar refractivity (Wildman–Crippen MR) is 93.0 cm³/mol. The van der Waals surface area contributed by atoms with E-state index in [0.717, 1.165) is 23.8 Å². The molecule has 3 rings (SSSR count). The van der Waals surface area contributed by atoms with Gasteiger partial charge in [0.05, 0.1) is 33.6 Å². The molecule has 0 radical (unpaired) electrons. The van der Waals surface area contributed by atoms with Crippen molar-refractivity contribution in [2.75, 3.05) is 7.11 Å². The first-order chi connectivity index (χ1) is 11.7. The maximum Gasteiger partial charge on any atom is 0.421 e. The van der Waals surface area contributed by atoms with E-state index < -0.39 is 0 Å². The molecule has 1 heterocycles. The second-order valence-electron chi connectivity index (χ2n) is 5.71. The van der Waals surface area contributed by atoms with E-state index in [1.807, 2.05) is 59.9 Å². The van der Waals surface area contributed by atoms with E-state index in [2.05, 4.69) is 34.5 Å². The average Bonchev–Trinajstić information content (AvgIpc) is 2.93. The van der Waals surface area contributed by atoms with E-state index in [4.69, 9.17) is 4.74 Å². The van der Waals surface area contributed by atoms with Crippen molar-refractivity contribution in [2.24, 2.45) is 24.3 Å². The van der Waals surface area contributed by atoms with Crippen LogP contribution in [0.1, 0.15) is 11.1 Å². The number of ether oxygens (including phenoxy) is 1. The Morgan fingerprint density at radius 1 is 0.958 bits per heavy atom. The number of azo groups is 1. The highest BCUT2D eigenvalue weighted by Crippen LogP contribution is 2.19. The quantitative estimate of drug-likeness (QED) is 0.520. The van der Waals surface area contributed by atoms with Gasteiger partial charge < -0.3 is 4.74 Å². The minimum absolute atomic E-state index is 0.803. The van der Waals surface area contributed by atoms with Gasteiger partial charge in [-0.25, -0.2) is 9.13 Å². The van der Waals surface area contributed by atoms with E-state index in [-0.39, 0.29) is 0 Å². The first-order valence-electron chi connectivity index (χ1n) is 7.80. The van der Waals surface area contributed by atoms with Crippen LogP contribution in [0, 0.1) is 0 Å². The zero-order valence-corrected chi connectivity index (χ0v) is 14.2. The van der Waals surface area contributed by atoms with Gasteiger partial charge in [-0.2, -0.15) is 0 Å². The van der Waals surface area contributed by atoms with Crippen molar-refractivity contribution >= 4 is 11.6 Å². The number of aryl methyl sites for hydroxylation is 2. The third kappa shape index (κ3) is 3.68. The van der Waals surface area contributed by atoms with Crippen LogP contribution >= 0.6 is 0 Å². The summed E-state index contributed by atoms with van der Waals surface area (Å²) < 4.78 is 9.05. The van der Waals surface area contributed by atoms with Gasteiger partial charge in [0.25, 0.3) is 0 Å². The van der Waals surface area contributed by atoms with Crippen molar-refractivity contribution in [3.05, 3.63) is 72.1 Å². The molecule has 0 saturated carbocycles. The minimum Gasteiger partial charge on any atom is -0.497 e. The molecule has 0 aliphatic carbocycles. The Morgan fingerprint density at radius 3 is 2.12 bits per heavy atom. The molecule has 122 valence electrons. The van der Waals surface area contributed by atoms with Crippen molar-refractivity contribution in [1.82, 2.24) is 4.57 Å². The molecule has 24 heavy (non-hydrogen) atoms. The number of hydrogen-bond donors (Lipinski definition) is 0. The normalized spacial score (nSPS) is 11.1. The average molecular weight is 321 g/mol. The molecule has 5 nitrogen and oxygen atoms in total. The number of imidazole rings is 1. The highest BCUT2D eigenvalue weighted by atomic mass is 16.5. The highest BCUT2D eigenvalue weighted by molar-refractivity contribution is 5.40. The van der Waals surface area contributed by atoms with Gasteiger partial charge in [0, 0.05) is 5.11 Å². The lowest BCUT2D eigenvalue weighted by Gasteiger charge is -2.04. The molecule has 0 spiro atoms. The molecule has 0 bridgehead atoms. The monoisotopic (exact) mass is 321 g/mol. The van der Waals surface area contributed by atoms with Crippen molar-refractivity contribution in [2.45, 2.75) is 6.42 Å². The van der Waals surface area contributed by atoms with Gasteiger partial charge in [0.2, 0.25) is 0 Å². The van der Waals surface area contributed by atoms with Gasteiger partial charge >= 0.3 is 5.95 Å². The molecule has 1 aromatic heterocycles. The Balaban J connectivity index is 1.68. The van der Waals surface area contributed by atoms with Gasteiger partial charge in [-0.15, -0.1) is 0 Å². The van der Waals surface area contributed by atoms with Crippen LogP contribution in [0.5, 0.6) is 5.75 Å². The Kier molecular flexibility index (Phi) is 4.70. The summed E-state index contributed by atoms with van der Waals surface area (Å²) in [4.78, 5) is 0. The van der Waals surface area contributed by atoms with Crippen LogP contribution in [0.2, 0.25) is 0 Å². The van der Waals surface area contributed by atoms with E-state index in [1.54, 1.807) is 7.11 Å². The zero-order chi connectivity index (χ0) is 16.9. The molecular formula is C19H21N4O+. The first-order valence-corrected chi connectivity index (χ1v) is 7.80. The van der Waals surface area contributed by atoms with Gasteiger partial charge in [-0.05, 0) is 41.8 Å². The molecule has 0 unspecified atom stereocenters. The molecule has 0 aliphatic rings. The number of hydrogen-bond acceptors (Lipinski definition) is 3. The maximum absolute atomic E-state index is 5.18. The number of methoxy groups -OCH3 is 1. The smallest absolute Gasteiger partial charge is 0.421 e. The van der Waals surface area contributed by atoms with E-state index in [1.165, 1.54) is 11.1 Å². The van der Waals surface area contributed by atoms with Crippen LogP contribution in [-0.2, 0) is 20.5 Å². The van der Waals surface area contributed by atoms with Gasteiger partial charge in [-0.1, -0.05) is 29.4 Å². The summed E-state index contributed by atoms with van der Waals surface area (Å²) in [7, 11) is 5.58. The predicted octanol–water partition coefficient (Wildman–Crippen LogP) is 3.86. The van der Waals surface area contributed by atoms with Crippen LogP contribution in [0.15, 0.2) is 71.2 Å². The molecule has 0 aliphatic heterocycles. The van der Waals surface area contributed by atoms with E-state index in [0.29, 0.717) is 0 Å². The van der Waals surface area contributed by atoms with Crippen molar-refractivity contribution < 1.29 is 9.30 Å². The summed E-state index contributed by atoms with van der Waals surface area (Å²) in [5, 5.41) is 8.61. The Morgan fingerprint density at radius 2 is 1.58 bits per heavy atom. The minimum atomic E-state index is 0.803. The highest BCUT2D eigenvalue weighted by Gasteiger charge is 2.10. The molecule has 3 aromatic rings. The van der Waals surface area contributed by atoms with Crippen LogP contribution in [0.4, 0.5) is 11.6 Å². The number of aromatic nitrogens is 2. The SMILES string of the molecule is COc1ccc(Cc2ccc(N=Nc3n(C)cc[n+]3C)cc2)cc1. The summed E-state index contributed by atoms with van der Waals surface area (Å²) in [5.74, 6) is 1.68. The lowest BCUT2D eigenvalue weighted by Crippen LogP contribution is -2.25. The largest absolute Gasteiger partial charge is 0.497 e. The molecular weight excluding hydrogens is 300 g/mol. The lowest BCUT2D eigenvalue weighted by molar-refractivity contribution is -0.657. The molecule has 0 atom stereocenters. The third-order valence-corrected chi connectivity index (χ3v) is 3.90. The Bertz CT molecular complexity index is 813. The molecule has 0 saturated heterocycles. The van der Waals surface area contributed by atoms with E-state index >= 15 is 0 Å². The van der Waals surface area contributed by atoms with Gasteiger partial charge in [-0.3, -0.25) is 0 Å². The van der Waals surface area contributed by atoms with E-state index in [9.17, 15) is 0 Å². The first kappa shape index (κ1) is 15.9. The maximum atomic E-state index is 5.18. The second kappa shape index (κ2) is 7.08. The standard InChI is InChI=1S/C19H21N4O/c1-22-12-13-23(2)19(22)21-20-17-8-4-15(5-9-17)14-16-6-10-18(24-3)11-7-16/h4-13H,14H2,1-3H3/q+1. The number of benzene rings is 2. The second-order valence-corrected chi connectivity index (χ2v) is 5.71. The molecule has 0 fully saturated rings. The fourth-order valence-electron chi connectivity index (χ4n) is 2.49. The fourth-order valence-corrected chi connectivity index (χ4v) is 2.49. The summed E-state index contributed by atoms with van der Waals surface area (Å²) in [6.45, 7) is 0. The number of nitrogens with zero attached hydrogens (tertiary/aromatic N) is 4. The molecule has 2 aromatic carbocycles. The molecule has 0 N–H and O–H groups in total. The van der Waals surface area contributed by atoms with Crippen LogP contribution in [0.25, 0.3) is 0 Å². The summed E-state index contributed by atoms with van der Waals surface area (Å²) in [6, 6.07) is 16.3.